The number of H-pyrrole nitrogens is 3. The summed E-state index contributed by atoms with van der Waals surface area (Å²) in [5.74, 6) is 0.289. The Labute approximate surface area is 171 Å². The summed E-state index contributed by atoms with van der Waals surface area (Å²) in [4.78, 5) is 31.4. The average Bonchev–Trinajstić information content (AvgIpc) is 3.17. The largest absolute Gasteiger partial charge is 0.361 e. The number of benzene rings is 2. The number of aromatic nitrogens is 3. The van der Waals surface area contributed by atoms with Crippen molar-refractivity contribution in [2.24, 2.45) is 0 Å². The van der Waals surface area contributed by atoms with Gasteiger partial charge in [0.05, 0.1) is 15.8 Å². The van der Waals surface area contributed by atoms with Gasteiger partial charge in [-0.3, -0.25) is 9.78 Å². The summed E-state index contributed by atoms with van der Waals surface area (Å²) in [6, 6.07) is 12.3. The maximum absolute atomic E-state index is 13.2. The van der Waals surface area contributed by atoms with Gasteiger partial charge in [-0.05, 0) is 48.6 Å². The molecule has 1 fully saturated rings. The van der Waals surface area contributed by atoms with Crippen LogP contribution < -0.4 is 11.2 Å². The lowest BCUT2D eigenvalue weighted by Crippen LogP contribution is -2.38. The van der Waals surface area contributed by atoms with Gasteiger partial charge in [-0.15, -0.1) is 0 Å². The van der Waals surface area contributed by atoms with Gasteiger partial charge in [0.25, 0.3) is 5.56 Å². The number of piperidine rings is 1. The van der Waals surface area contributed by atoms with E-state index in [-0.39, 0.29) is 16.2 Å². The third-order valence-electron chi connectivity index (χ3n) is 5.86. The third-order valence-corrected chi connectivity index (χ3v) is 7.76. The topological polar surface area (TPSA) is 119 Å². The number of hydrogen-bond acceptors (Lipinski definition) is 4. The van der Waals surface area contributed by atoms with E-state index in [4.69, 9.17) is 0 Å². The van der Waals surface area contributed by atoms with Gasteiger partial charge in [0.2, 0.25) is 10.0 Å². The molecule has 2 aromatic carbocycles. The van der Waals surface area contributed by atoms with Crippen LogP contribution in [0.2, 0.25) is 0 Å². The van der Waals surface area contributed by atoms with E-state index >= 15 is 0 Å². The third kappa shape index (κ3) is 3.06. The lowest BCUT2D eigenvalue weighted by atomic mass is 9.90. The lowest BCUT2D eigenvalue weighted by molar-refractivity contribution is 0.320. The Morgan fingerprint density at radius 1 is 0.900 bits per heavy atom. The van der Waals surface area contributed by atoms with Crippen LogP contribution in [0.1, 0.15) is 24.3 Å². The standard InChI is InChI=1S/C21H20N4O4S/c26-20-16-11-14(5-6-19(16)23-21(27)24-20)30(28,29)25-9-7-13(8-10-25)17-12-22-18-4-2-1-3-15(17)18/h1-6,11-13,22H,7-10H2,(H2,23,24,26,27). The van der Waals surface area contributed by atoms with Gasteiger partial charge in [0.1, 0.15) is 0 Å². The van der Waals surface area contributed by atoms with E-state index < -0.39 is 21.3 Å². The van der Waals surface area contributed by atoms with Crippen LogP contribution in [0.15, 0.2) is 63.1 Å². The van der Waals surface area contributed by atoms with Crippen LogP contribution >= 0.6 is 0 Å². The molecule has 8 nitrogen and oxygen atoms in total. The molecule has 0 saturated carbocycles. The maximum atomic E-state index is 13.2. The van der Waals surface area contributed by atoms with Gasteiger partial charge in [-0.1, -0.05) is 18.2 Å². The van der Waals surface area contributed by atoms with Crippen molar-refractivity contribution in [1.82, 2.24) is 19.3 Å². The molecule has 0 aliphatic carbocycles. The fourth-order valence-electron chi connectivity index (χ4n) is 4.29. The van der Waals surface area contributed by atoms with Crippen molar-refractivity contribution < 1.29 is 8.42 Å². The number of fused-ring (bicyclic) bond motifs is 2. The van der Waals surface area contributed by atoms with E-state index in [9.17, 15) is 18.0 Å². The first-order valence-electron chi connectivity index (χ1n) is 9.76. The molecular formula is C21H20N4O4S. The van der Waals surface area contributed by atoms with E-state index in [0.29, 0.717) is 18.6 Å². The molecule has 0 radical (unpaired) electrons. The summed E-state index contributed by atoms with van der Waals surface area (Å²) in [6.45, 7) is 0.819. The smallest absolute Gasteiger partial charge is 0.326 e. The normalized spacial score (nSPS) is 16.4. The van der Waals surface area contributed by atoms with Crippen LogP contribution in [0.25, 0.3) is 21.8 Å². The van der Waals surface area contributed by atoms with Crippen LogP contribution in [0.4, 0.5) is 0 Å². The van der Waals surface area contributed by atoms with E-state index in [1.807, 2.05) is 24.4 Å². The summed E-state index contributed by atoms with van der Waals surface area (Å²) in [5, 5.41) is 1.32. The molecule has 0 atom stereocenters. The van der Waals surface area contributed by atoms with Crippen molar-refractivity contribution in [3.05, 3.63) is 75.1 Å². The van der Waals surface area contributed by atoms with Crippen molar-refractivity contribution in [2.75, 3.05) is 13.1 Å². The molecule has 4 aromatic rings. The van der Waals surface area contributed by atoms with Gasteiger partial charge in [0.15, 0.2) is 0 Å². The second kappa shape index (κ2) is 6.96. The molecule has 5 rings (SSSR count). The van der Waals surface area contributed by atoms with Crippen LogP contribution in [0.5, 0.6) is 0 Å². The highest BCUT2D eigenvalue weighted by Gasteiger charge is 2.31. The molecule has 0 unspecified atom stereocenters. The van der Waals surface area contributed by atoms with Crippen LogP contribution in [-0.2, 0) is 10.0 Å². The molecule has 1 aliphatic heterocycles. The second-order valence-corrected chi connectivity index (χ2v) is 9.52. The Kier molecular flexibility index (Phi) is 4.37. The van der Waals surface area contributed by atoms with Gasteiger partial charge in [-0.25, -0.2) is 13.2 Å². The molecule has 9 heteroatoms. The maximum Gasteiger partial charge on any atom is 0.326 e. The molecule has 0 amide bonds. The highest BCUT2D eigenvalue weighted by Crippen LogP contribution is 2.34. The summed E-state index contributed by atoms with van der Waals surface area (Å²) in [5.41, 5.74) is 1.39. The van der Waals surface area contributed by atoms with E-state index in [1.165, 1.54) is 33.5 Å². The minimum atomic E-state index is -3.73. The zero-order valence-corrected chi connectivity index (χ0v) is 16.8. The van der Waals surface area contributed by atoms with Crippen LogP contribution in [0, 0.1) is 0 Å². The molecule has 0 spiro atoms. The van der Waals surface area contributed by atoms with Crippen molar-refractivity contribution in [1.29, 1.82) is 0 Å². The van der Waals surface area contributed by atoms with Crippen molar-refractivity contribution >= 4 is 31.8 Å². The Morgan fingerprint density at radius 3 is 2.47 bits per heavy atom. The number of para-hydroxylation sites is 1. The number of hydrogen-bond donors (Lipinski definition) is 3. The minimum Gasteiger partial charge on any atom is -0.361 e. The molecule has 154 valence electrons. The zero-order chi connectivity index (χ0) is 20.9. The fourth-order valence-corrected chi connectivity index (χ4v) is 5.79. The first kappa shape index (κ1) is 18.8. The first-order valence-corrected chi connectivity index (χ1v) is 11.2. The van der Waals surface area contributed by atoms with Gasteiger partial charge < -0.3 is 9.97 Å². The molecular weight excluding hydrogens is 404 g/mol. The number of nitrogens with one attached hydrogen (secondary N) is 3. The highest BCUT2D eigenvalue weighted by molar-refractivity contribution is 7.89. The molecule has 1 saturated heterocycles. The highest BCUT2D eigenvalue weighted by atomic mass is 32.2. The van der Waals surface area contributed by atoms with E-state index in [0.717, 1.165) is 18.4 Å². The number of aromatic amines is 3. The summed E-state index contributed by atoms with van der Waals surface area (Å²) >= 11 is 0. The Morgan fingerprint density at radius 2 is 1.67 bits per heavy atom. The van der Waals surface area contributed by atoms with Gasteiger partial charge in [-0.2, -0.15) is 4.31 Å². The number of rotatable bonds is 3. The minimum absolute atomic E-state index is 0.0538. The van der Waals surface area contributed by atoms with Crippen molar-refractivity contribution in [3.8, 4) is 0 Å². The predicted octanol–water partition coefficient (Wildman–Crippen LogP) is 2.27. The first-order chi connectivity index (χ1) is 14.4. The summed E-state index contributed by atoms with van der Waals surface area (Å²) in [7, 11) is -3.73. The van der Waals surface area contributed by atoms with Crippen molar-refractivity contribution in [3.63, 3.8) is 0 Å². The van der Waals surface area contributed by atoms with Crippen LogP contribution in [0.3, 0.4) is 0 Å². The van der Waals surface area contributed by atoms with Gasteiger partial charge >= 0.3 is 5.69 Å². The monoisotopic (exact) mass is 424 g/mol. The van der Waals surface area contributed by atoms with Crippen LogP contribution in [-0.4, -0.2) is 40.8 Å². The quantitative estimate of drug-likeness (QED) is 0.467. The zero-order valence-electron chi connectivity index (χ0n) is 16.0. The van der Waals surface area contributed by atoms with Gasteiger partial charge in [0, 0.05) is 30.2 Å². The number of nitrogens with zero attached hydrogens (tertiary/aromatic N) is 1. The average molecular weight is 424 g/mol. The molecule has 30 heavy (non-hydrogen) atoms. The van der Waals surface area contributed by atoms with E-state index in [1.54, 1.807) is 0 Å². The fraction of sp³-hybridized carbons (Fsp3) is 0.238. The van der Waals surface area contributed by atoms with E-state index in [2.05, 4.69) is 21.0 Å². The molecule has 2 aromatic heterocycles. The number of sulfonamides is 1. The molecule has 3 N–H and O–H groups in total. The second-order valence-electron chi connectivity index (χ2n) is 7.58. The summed E-state index contributed by atoms with van der Waals surface area (Å²) < 4.78 is 27.8. The SMILES string of the molecule is O=c1[nH]c(=O)c2cc(S(=O)(=O)N3CCC(c4c[nH]c5ccccc45)CC3)ccc2[nH]1. The van der Waals surface area contributed by atoms with Crippen molar-refractivity contribution in [2.45, 2.75) is 23.7 Å². The Hall–Kier alpha value is -3.17. The Balaban J connectivity index is 1.41. The molecule has 1 aliphatic rings. The molecule has 3 heterocycles. The predicted molar refractivity (Wildman–Crippen MR) is 114 cm³/mol. The molecule has 0 bridgehead atoms. The summed E-state index contributed by atoms with van der Waals surface area (Å²) in [6.07, 6.45) is 3.47. The Bertz CT molecular complexity index is 1470. The lowest BCUT2D eigenvalue weighted by Gasteiger charge is -2.31.